The maximum absolute atomic E-state index is 11.5. The summed E-state index contributed by atoms with van der Waals surface area (Å²) in [6, 6.07) is 0.260. The molecule has 3 amide bonds. The smallest absolute Gasteiger partial charge is 0.317 e. The predicted molar refractivity (Wildman–Crippen MR) is 62.1 cm³/mol. The highest BCUT2D eigenvalue weighted by atomic mass is 16.2. The van der Waals surface area contributed by atoms with Gasteiger partial charge in [-0.1, -0.05) is 6.92 Å². The number of amides is 3. The fraction of sp³-hybridized carbons (Fsp3) is 0.818. The van der Waals surface area contributed by atoms with E-state index in [2.05, 4.69) is 5.32 Å². The number of likely N-dealkylation sites (tertiary alicyclic amines) is 1. The van der Waals surface area contributed by atoms with Crippen LogP contribution in [0.2, 0.25) is 0 Å². The van der Waals surface area contributed by atoms with Crippen molar-refractivity contribution in [2.75, 3.05) is 27.2 Å². The van der Waals surface area contributed by atoms with Gasteiger partial charge in [-0.25, -0.2) is 4.79 Å². The van der Waals surface area contributed by atoms with E-state index in [0.29, 0.717) is 6.42 Å². The molecule has 16 heavy (non-hydrogen) atoms. The molecular weight excluding hydrogens is 206 g/mol. The molecule has 0 atom stereocenters. The lowest BCUT2D eigenvalue weighted by Gasteiger charge is -2.36. The van der Waals surface area contributed by atoms with Crippen molar-refractivity contribution in [2.24, 2.45) is 0 Å². The van der Waals surface area contributed by atoms with Crippen molar-refractivity contribution in [3.63, 3.8) is 0 Å². The maximum Gasteiger partial charge on any atom is 0.317 e. The zero-order valence-electron chi connectivity index (χ0n) is 10.3. The molecule has 1 aliphatic heterocycles. The second-order valence-corrected chi connectivity index (χ2v) is 4.13. The number of rotatable bonds is 2. The van der Waals surface area contributed by atoms with Crippen LogP contribution in [0, 0.1) is 0 Å². The minimum Gasteiger partial charge on any atom is -0.343 e. The van der Waals surface area contributed by atoms with E-state index in [1.54, 1.807) is 11.9 Å². The Hall–Kier alpha value is -1.26. The Morgan fingerprint density at radius 1 is 1.38 bits per heavy atom. The Balaban J connectivity index is 2.42. The molecule has 1 saturated heterocycles. The van der Waals surface area contributed by atoms with Gasteiger partial charge < -0.3 is 15.1 Å². The monoisotopic (exact) mass is 227 g/mol. The molecule has 5 nitrogen and oxygen atoms in total. The summed E-state index contributed by atoms with van der Waals surface area (Å²) in [6.45, 7) is 3.33. The number of urea groups is 1. The number of piperidine rings is 1. The largest absolute Gasteiger partial charge is 0.343 e. The van der Waals surface area contributed by atoms with E-state index in [1.165, 1.54) is 0 Å². The third kappa shape index (κ3) is 2.87. The molecule has 0 aromatic heterocycles. The summed E-state index contributed by atoms with van der Waals surface area (Å²) >= 11 is 0. The lowest BCUT2D eigenvalue weighted by molar-refractivity contribution is -0.132. The van der Waals surface area contributed by atoms with Gasteiger partial charge >= 0.3 is 6.03 Å². The first-order valence-electron chi connectivity index (χ1n) is 5.82. The molecule has 92 valence electrons. The van der Waals surface area contributed by atoms with Gasteiger partial charge in [0.25, 0.3) is 0 Å². The van der Waals surface area contributed by atoms with Crippen molar-refractivity contribution in [3.05, 3.63) is 0 Å². The molecule has 0 saturated carbocycles. The highest BCUT2D eigenvalue weighted by Crippen LogP contribution is 2.15. The second-order valence-electron chi connectivity index (χ2n) is 4.13. The fourth-order valence-electron chi connectivity index (χ4n) is 2.07. The van der Waals surface area contributed by atoms with Crippen LogP contribution in [0.3, 0.4) is 0 Å². The average molecular weight is 227 g/mol. The molecule has 0 aliphatic carbocycles. The molecule has 0 radical (unpaired) electrons. The number of nitrogens with zero attached hydrogens (tertiary/aromatic N) is 2. The minimum absolute atomic E-state index is 0.0251. The number of hydrogen-bond acceptors (Lipinski definition) is 2. The minimum atomic E-state index is -0.0251. The predicted octanol–water partition coefficient (Wildman–Crippen LogP) is 0.659. The van der Waals surface area contributed by atoms with Crippen molar-refractivity contribution >= 4 is 11.9 Å². The van der Waals surface area contributed by atoms with Gasteiger partial charge in [-0.3, -0.25) is 4.79 Å². The summed E-state index contributed by atoms with van der Waals surface area (Å²) in [5.74, 6) is 0.179. The summed E-state index contributed by atoms with van der Waals surface area (Å²) in [5.41, 5.74) is 0. The van der Waals surface area contributed by atoms with Crippen molar-refractivity contribution in [3.8, 4) is 0 Å². The van der Waals surface area contributed by atoms with Crippen molar-refractivity contribution in [1.29, 1.82) is 0 Å². The molecule has 0 aromatic carbocycles. The van der Waals surface area contributed by atoms with Crippen LogP contribution in [0.4, 0.5) is 4.79 Å². The Morgan fingerprint density at radius 2 is 1.94 bits per heavy atom. The van der Waals surface area contributed by atoms with Crippen molar-refractivity contribution in [2.45, 2.75) is 32.2 Å². The van der Waals surface area contributed by atoms with Crippen LogP contribution in [0.5, 0.6) is 0 Å². The third-order valence-electron chi connectivity index (χ3n) is 3.21. The van der Waals surface area contributed by atoms with E-state index in [1.807, 2.05) is 18.9 Å². The van der Waals surface area contributed by atoms with Crippen molar-refractivity contribution in [1.82, 2.24) is 15.1 Å². The number of nitrogens with one attached hydrogen (secondary N) is 1. The van der Waals surface area contributed by atoms with E-state index >= 15 is 0 Å². The molecule has 1 fully saturated rings. The molecule has 1 rings (SSSR count). The Labute approximate surface area is 96.8 Å². The molecular formula is C11H21N3O2. The number of hydrogen-bond donors (Lipinski definition) is 1. The zero-order valence-corrected chi connectivity index (χ0v) is 10.3. The number of carbonyl (C=O) groups excluding carboxylic acids is 2. The van der Waals surface area contributed by atoms with E-state index in [0.717, 1.165) is 25.9 Å². The average Bonchev–Trinajstić information content (AvgIpc) is 2.36. The van der Waals surface area contributed by atoms with Crippen molar-refractivity contribution < 1.29 is 9.59 Å². The van der Waals surface area contributed by atoms with Gasteiger partial charge in [0.15, 0.2) is 0 Å². The second kappa shape index (κ2) is 5.72. The maximum atomic E-state index is 11.5. The Kier molecular flexibility index (Phi) is 4.58. The third-order valence-corrected chi connectivity index (χ3v) is 3.21. The quantitative estimate of drug-likeness (QED) is 0.753. The van der Waals surface area contributed by atoms with E-state index in [-0.39, 0.29) is 18.0 Å². The van der Waals surface area contributed by atoms with E-state index < -0.39 is 0 Å². The Morgan fingerprint density at radius 3 is 2.38 bits per heavy atom. The molecule has 1 heterocycles. The first-order chi connectivity index (χ1) is 7.60. The van der Waals surface area contributed by atoms with Crippen LogP contribution in [0.15, 0.2) is 0 Å². The van der Waals surface area contributed by atoms with Gasteiger partial charge in [-0.05, 0) is 12.8 Å². The molecule has 1 aliphatic rings. The van der Waals surface area contributed by atoms with Crippen LogP contribution in [-0.4, -0.2) is 55.0 Å². The van der Waals surface area contributed by atoms with Crippen LogP contribution in [-0.2, 0) is 4.79 Å². The molecule has 1 N–H and O–H groups in total. The van der Waals surface area contributed by atoms with Gasteiger partial charge in [-0.15, -0.1) is 0 Å². The SMILES string of the molecule is CCC(=O)N(C)C1CCN(C(=O)NC)CC1. The summed E-state index contributed by atoms with van der Waals surface area (Å²) in [7, 11) is 3.49. The van der Waals surface area contributed by atoms with Crippen LogP contribution in [0.1, 0.15) is 26.2 Å². The molecule has 0 unspecified atom stereocenters. The summed E-state index contributed by atoms with van der Waals surface area (Å²) in [6.07, 6.45) is 2.29. The summed E-state index contributed by atoms with van der Waals surface area (Å²) in [4.78, 5) is 26.5. The van der Waals surface area contributed by atoms with Crippen LogP contribution in [0.25, 0.3) is 0 Å². The topological polar surface area (TPSA) is 52.7 Å². The molecule has 0 aromatic rings. The van der Waals surface area contributed by atoms with Gasteiger partial charge in [0, 0.05) is 39.6 Å². The molecule has 5 heteroatoms. The molecule has 0 spiro atoms. The van der Waals surface area contributed by atoms with Gasteiger partial charge in [0.2, 0.25) is 5.91 Å². The Bertz CT molecular complexity index is 260. The van der Waals surface area contributed by atoms with Crippen LogP contribution >= 0.6 is 0 Å². The fourth-order valence-corrected chi connectivity index (χ4v) is 2.07. The first kappa shape index (κ1) is 12.8. The summed E-state index contributed by atoms with van der Waals surface area (Å²) < 4.78 is 0. The van der Waals surface area contributed by atoms with E-state index in [9.17, 15) is 9.59 Å². The zero-order chi connectivity index (χ0) is 12.1. The van der Waals surface area contributed by atoms with Gasteiger partial charge in [0.1, 0.15) is 0 Å². The lowest BCUT2D eigenvalue weighted by Crippen LogP contribution is -2.49. The van der Waals surface area contributed by atoms with Gasteiger partial charge in [-0.2, -0.15) is 0 Å². The first-order valence-corrected chi connectivity index (χ1v) is 5.82. The lowest BCUT2D eigenvalue weighted by atomic mass is 10.0. The number of carbonyl (C=O) groups is 2. The highest BCUT2D eigenvalue weighted by molar-refractivity contribution is 5.76. The standard InChI is InChI=1S/C11H21N3O2/c1-4-10(15)13(3)9-5-7-14(8-6-9)11(16)12-2/h9H,4-8H2,1-3H3,(H,12,16). The van der Waals surface area contributed by atoms with Gasteiger partial charge in [0.05, 0.1) is 0 Å². The highest BCUT2D eigenvalue weighted by Gasteiger charge is 2.26. The molecule has 0 bridgehead atoms. The van der Waals surface area contributed by atoms with E-state index in [4.69, 9.17) is 0 Å². The van der Waals surface area contributed by atoms with Crippen LogP contribution < -0.4 is 5.32 Å². The normalized spacial score (nSPS) is 17.1. The summed E-state index contributed by atoms with van der Waals surface area (Å²) in [5, 5.41) is 2.62.